The quantitative estimate of drug-likeness (QED) is 0.656. The first-order valence-corrected chi connectivity index (χ1v) is 10.6. The molecule has 8 heteroatoms. The Kier molecular flexibility index (Phi) is 5.85. The van der Waals surface area contributed by atoms with E-state index >= 15 is 0 Å². The molecule has 1 fully saturated rings. The van der Waals surface area contributed by atoms with Gasteiger partial charge in [-0.25, -0.2) is 4.39 Å². The van der Waals surface area contributed by atoms with Crippen LogP contribution in [0.2, 0.25) is 0 Å². The lowest BCUT2D eigenvalue weighted by atomic mass is 9.87. The molecule has 7 nitrogen and oxygen atoms in total. The lowest BCUT2D eigenvalue weighted by molar-refractivity contribution is -0.0436. The molecular formula is C23H28FN3O4. The average Bonchev–Trinajstić information content (AvgIpc) is 3.01. The molecule has 1 amide bonds. The van der Waals surface area contributed by atoms with Crippen LogP contribution < -0.4 is 20.8 Å². The van der Waals surface area contributed by atoms with E-state index in [2.05, 4.69) is 15.6 Å². The summed E-state index contributed by atoms with van der Waals surface area (Å²) in [7, 11) is 3.24. The molecule has 3 atom stereocenters. The van der Waals surface area contributed by atoms with Gasteiger partial charge in [-0.1, -0.05) is 19.1 Å². The molecule has 3 N–H and O–H groups in total. The smallest absolute Gasteiger partial charge is 0.271 e. The molecule has 2 aliphatic heterocycles. The third kappa shape index (κ3) is 3.64. The first-order chi connectivity index (χ1) is 14.9. The van der Waals surface area contributed by atoms with E-state index in [1.165, 1.54) is 19.2 Å². The normalized spacial score (nSPS) is 24.4. The maximum atomic E-state index is 13.5. The number of H-pyrrole nitrogens is 1. The second-order valence-corrected chi connectivity index (χ2v) is 8.20. The summed E-state index contributed by atoms with van der Waals surface area (Å²) in [4.78, 5) is 29.8. The molecule has 166 valence electrons. The molecule has 0 radical (unpaired) electrons. The fourth-order valence-corrected chi connectivity index (χ4v) is 4.84. The van der Waals surface area contributed by atoms with Crippen molar-refractivity contribution in [2.45, 2.75) is 50.3 Å². The van der Waals surface area contributed by atoms with E-state index in [0.29, 0.717) is 17.9 Å². The number of aromatic nitrogens is 1. The monoisotopic (exact) mass is 429 g/mol. The molecule has 3 aliphatic rings. The van der Waals surface area contributed by atoms with Crippen molar-refractivity contribution >= 4 is 5.91 Å². The lowest BCUT2D eigenvalue weighted by Crippen LogP contribution is -2.48. The molecule has 31 heavy (non-hydrogen) atoms. The van der Waals surface area contributed by atoms with E-state index in [9.17, 15) is 14.0 Å². The van der Waals surface area contributed by atoms with Crippen LogP contribution in [0.4, 0.5) is 4.39 Å². The first kappa shape index (κ1) is 21.5. The van der Waals surface area contributed by atoms with Crippen LogP contribution in [-0.2, 0) is 16.8 Å². The molecule has 1 aliphatic carbocycles. The number of pyridine rings is 1. The van der Waals surface area contributed by atoms with Crippen LogP contribution in [0.5, 0.6) is 5.75 Å². The van der Waals surface area contributed by atoms with Crippen LogP contribution >= 0.6 is 0 Å². The molecule has 0 spiro atoms. The van der Waals surface area contributed by atoms with Crippen LogP contribution in [0.15, 0.2) is 29.1 Å². The third-order valence-electron chi connectivity index (χ3n) is 6.61. The highest BCUT2D eigenvalue weighted by Gasteiger charge is 2.48. The number of hydrogen-bond acceptors (Lipinski definition) is 5. The highest BCUT2D eigenvalue weighted by molar-refractivity contribution is 5.95. The molecular weight excluding hydrogens is 401 g/mol. The van der Waals surface area contributed by atoms with Crippen LogP contribution in [0.3, 0.4) is 0 Å². The van der Waals surface area contributed by atoms with Gasteiger partial charge in [0, 0.05) is 23.7 Å². The third-order valence-corrected chi connectivity index (χ3v) is 6.61. The van der Waals surface area contributed by atoms with Gasteiger partial charge in [-0.2, -0.15) is 0 Å². The van der Waals surface area contributed by atoms with Crippen molar-refractivity contribution in [2.24, 2.45) is 0 Å². The lowest BCUT2D eigenvalue weighted by Gasteiger charge is -2.37. The van der Waals surface area contributed by atoms with Crippen LogP contribution in [0, 0.1) is 5.82 Å². The number of fused-ring (bicyclic) bond motifs is 2. The number of benzene rings is 1. The molecule has 5 rings (SSSR count). The Morgan fingerprint density at radius 2 is 2.10 bits per heavy atom. The minimum atomic E-state index is -0.562. The highest BCUT2D eigenvalue weighted by atomic mass is 19.1. The number of nitrogens with one attached hydrogen (secondary N) is 3. The van der Waals surface area contributed by atoms with Gasteiger partial charge in [-0.15, -0.1) is 0 Å². The van der Waals surface area contributed by atoms with Crippen molar-refractivity contribution in [3.8, 4) is 5.75 Å². The number of rotatable bonds is 6. The van der Waals surface area contributed by atoms with Crippen molar-refractivity contribution in [1.29, 1.82) is 0 Å². The average molecular weight is 429 g/mol. The van der Waals surface area contributed by atoms with E-state index in [4.69, 9.17) is 9.47 Å². The molecule has 2 aromatic rings. The Morgan fingerprint density at radius 3 is 2.68 bits per heavy atom. The van der Waals surface area contributed by atoms with Crippen molar-refractivity contribution in [3.05, 3.63) is 62.8 Å². The first-order valence-electron chi connectivity index (χ1n) is 10.6. The fraction of sp³-hybridized carbons (Fsp3) is 0.478. The second-order valence-electron chi connectivity index (χ2n) is 8.20. The topological polar surface area (TPSA) is 92.5 Å². The van der Waals surface area contributed by atoms with Crippen molar-refractivity contribution in [1.82, 2.24) is 15.6 Å². The SMILES string of the molecule is CCC1c2c([nH]c(C(=O)NCc3ccc(F)cc3)c(OC)c2=O)C2(NC)CCC1OC2. The van der Waals surface area contributed by atoms with Gasteiger partial charge in [0.15, 0.2) is 11.4 Å². The minimum Gasteiger partial charge on any atom is -0.491 e. The van der Waals surface area contributed by atoms with E-state index in [1.54, 1.807) is 12.1 Å². The molecule has 1 saturated heterocycles. The molecule has 3 heterocycles. The van der Waals surface area contributed by atoms with Crippen LogP contribution in [-0.4, -0.2) is 37.8 Å². The van der Waals surface area contributed by atoms with Gasteiger partial charge >= 0.3 is 0 Å². The number of likely N-dealkylation sites (N-methyl/N-ethyl adjacent to an activating group) is 1. The highest BCUT2D eigenvalue weighted by Crippen LogP contribution is 2.45. The number of ether oxygens (including phenoxy) is 2. The largest absolute Gasteiger partial charge is 0.491 e. The summed E-state index contributed by atoms with van der Waals surface area (Å²) in [6.45, 7) is 2.66. The Balaban J connectivity index is 1.77. The summed E-state index contributed by atoms with van der Waals surface area (Å²) in [6.07, 6.45) is 2.35. The number of halogens is 1. The Morgan fingerprint density at radius 1 is 1.35 bits per heavy atom. The number of methoxy groups -OCH3 is 1. The zero-order valence-electron chi connectivity index (χ0n) is 18.0. The summed E-state index contributed by atoms with van der Waals surface area (Å²) in [6, 6.07) is 5.88. The molecule has 1 aromatic heterocycles. The Hall–Kier alpha value is -2.71. The zero-order valence-corrected chi connectivity index (χ0v) is 18.0. The second kappa shape index (κ2) is 8.43. The summed E-state index contributed by atoms with van der Waals surface area (Å²) < 4.78 is 24.7. The summed E-state index contributed by atoms with van der Waals surface area (Å²) in [5.74, 6) is -0.866. The van der Waals surface area contributed by atoms with Crippen LogP contribution in [0.25, 0.3) is 0 Å². The molecule has 0 saturated carbocycles. The fourth-order valence-electron chi connectivity index (χ4n) is 4.84. The number of carbonyl (C=O) groups is 1. The Labute approximate surface area is 180 Å². The zero-order chi connectivity index (χ0) is 22.2. The summed E-state index contributed by atoms with van der Waals surface area (Å²) >= 11 is 0. The number of amides is 1. The minimum absolute atomic E-state index is 0.00126. The molecule has 2 bridgehead atoms. The summed E-state index contributed by atoms with van der Waals surface area (Å²) in [5.41, 5.74) is 1.35. The number of carbonyl (C=O) groups excluding carboxylic acids is 1. The van der Waals surface area contributed by atoms with Gasteiger partial charge in [0.25, 0.3) is 5.91 Å². The van der Waals surface area contributed by atoms with Crippen LogP contribution in [0.1, 0.15) is 59.4 Å². The van der Waals surface area contributed by atoms with E-state index in [0.717, 1.165) is 24.8 Å². The van der Waals surface area contributed by atoms with Crippen molar-refractivity contribution in [3.63, 3.8) is 0 Å². The molecule has 3 unspecified atom stereocenters. The predicted molar refractivity (Wildman–Crippen MR) is 114 cm³/mol. The maximum Gasteiger partial charge on any atom is 0.271 e. The Bertz CT molecular complexity index is 1030. The van der Waals surface area contributed by atoms with Crippen molar-refractivity contribution < 1.29 is 18.7 Å². The van der Waals surface area contributed by atoms with E-state index in [1.807, 2.05) is 14.0 Å². The van der Waals surface area contributed by atoms with Gasteiger partial charge in [-0.3, -0.25) is 9.59 Å². The van der Waals surface area contributed by atoms with Gasteiger partial charge in [0.05, 0.1) is 25.4 Å². The number of aromatic amines is 1. The van der Waals surface area contributed by atoms with Crippen molar-refractivity contribution in [2.75, 3.05) is 20.8 Å². The van der Waals surface area contributed by atoms with E-state index < -0.39 is 11.4 Å². The summed E-state index contributed by atoms with van der Waals surface area (Å²) in [5, 5.41) is 6.13. The van der Waals surface area contributed by atoms with Gasteiger partial charge in [0.2, 0.25) is 5.43 Å². The van der Waals surface area contributed by atoms with Gasteiger partial charge in [-0.05, 0) is 44.0 Å². The van der Waals surface area contributed by atoms with Gasteiger partial charge < -0.3 is 25.1 Å². The molecule has 1 aromatic carbocycles. The van der Waals surface area contributed by atoms with E-state index in [-0.39, 0.29) is 41.3 Å². The maximum absolute atomic E-state index is 13.5. The number of hydrogen-bond donors (Lipinski definition) is 3. The van der Waals surface area contributed by atoms with Gasteiger partial charge in [0.1, 0.15) is 5.82 Å². The predicted octanol–water partition coefficient (Wildman–Crippen LogP) is 2.55. The standard InChI is InChI=1S/C23H28FN3O4/c1-4-15-16-9-10-23(25-2,12-31-16)21-17(15)19(28)20(30-3)18(27-21)22(29)26-11-13-5-7-14(24)8-6-13/h5-8,15-16,25H,4,9-12H2,1-3H3,(H,26,29)(H,27,28).